The second-order valence-corrected chi connectivity index (χ2v) is 6.88. The first-order valence-corrected chi connectivity index (χ1v) is 9.47. The summed E-state index contributed by atoms with van der Waals surface area (Å²) in [7, 11) is 0. The number of fused-ring (bicyclic) bond motifs is 1. The Kier molecular flexibility index (Phi) is 6.12. The van der Waals surface area contributed by atoms with Crippen molar-refractivity contribution in [3.8, 4) is 0 Å². The Hall–Kier alpha value is -3.41. The molecule has 29 heavy (non-hydrogen) atoms. The van der Waals surface area contributed by atoms with Crippen molar-refractivity contribution in [2.24, 2.45) is 0 Å². The molecule has 1 N–H and O–H groups in total. The van der Waals surface area contributed by atoms with Crippen LogP contribution in [0.25, 0.3) is 11.0 Å². The second-order valence-electron chi connectivity index (χ2n) is 6.88. The molecule has 1 aromatic heterocycles. The van der Waals surface area contributed by atoms with Gasteiger partial charge in [-0.1, -0.05) is 19.1 Å². The van der Waals surface area contributed by atoms with Crippen molar-refractivity contribution in [3.63, 3.8) is 0 Å². The van der Waals surface area contributed by atoms with Crippen LogP contribution in [0, 0.1) is 0 Å². The zero-order valence-corrected chi connectivity index (χ0v) is 16.7. The van der Waals surface area contributed by atoms with Crippen molar-refractivity contribution in [3.05, 3.63) is 65.4 Å². The molecular formula is C23H23NO5. The van der Waals surface area contributed by atoms with Gasteiger partial charge in [0.2, 0.25) is 0 Å². The van der Waals surface area contributed by atoms with Gasteiger partial charge in [-0.05, 0) is 56.2 Å². The van der Waals surface area contributed by atoms with Crippen LogP contribution in [0.1, 0.15) is 42.3 Å². The first-order chi connectivity index (χ1) is 13.9. The predicted octanol–water partition coefficient (Wildman–Crippen LogP) is 4.31. The fourth-order valence-corrected chi connectivity index (χ4v) is 2.96. The Morgan fingerprint density at radius 2 is 1.83 bits per heavy atom. The molecule has 0 spiro atoms. The molecule has 1 heterocycles. The van der Waals surface area contributed by atoms with Crippen LogP contribution >= 0.6 is 0 Å². The van der Waals surface area contributed by atoms with E-state index in [0.717, 1.165) is 28.5 Å². The SMILES string of the molecule is CCc1ccc2c(CC(=O)O[C@H](C)C(=O)Nc3ccc(C(C)=O)cc3)coc2c1. The first kappa shape index (κ1) is 20.3. The maximum Gasteiger partial charge on any atom is 0.311 e. The minimum atomic E-state index is -0.958. The van der Waals surface area contributed by atoms with Gasteiger partial charge in [0, 0.05) is 22.2 Å². The van der Waals surface area contributed by atoms with Crippen LogP contribution in [0.3, 0.4) is 0 Å². The fourth-order valence-electron chi connectivity index (χ4n) is 2.96. The molecule has 0 radical (unpaired) electrons. The van der Waals surface area contributed by atoms with Crippen molar-refractivity contribution >= 4 is 34.3 Å². The topological polar surface area (TPSA) is 85.6 Å². The molecule has 3 rings (SSSR count). The van der Waals surface area contributed by atoms with Gasteiger partial charge >= 0.3 is 5.97 Å². The number of hydrogen-bond donors (Lipinski definition) is 1. The molecule has 0 saturated carbocycles. The third-order valence-electron chi connectivity index (χ3n) is 4.70. The van der Waals surface area contributed by atoms with E-state index >= 15 is 0 Å². The van der Waals surface area contributed by atoms with Crippen molar-refractivity contribution in [1.29, 1.82) is 0 Å². The van der Waals surface area contributed by atoms with Crippen LogP contribution in [0.15, 0.2) is 53.1 Å². The summed E-state index contributed by atoms with van der Waals surface area (Å²) in [6.45, 7) is 5.05. The number of carbonyl (C=O) groups excluding carboxylic acids is 3. The Morgan fingerprint density at radius 3 is 2.48 bits per heavy atom. The lowest BCUT2D eigenvalue weighted by molar-refractivity contribution is -0.152. The van der Waals surface area contributed by atoms with Crippen LogP contribution in [0.4, 0.5) is 5.69 Å². The number of benzene rings is 2. The van der Waals surface area contributed by atoms with Crippen LogP contribution in [0.2, 0.25) is 0 Å². The molecule has 2 aromatic carbocycles. The summed E-state index contributed by atoms with van der Waals surface area (Å²) < 4.78 is 10.8. The van der Waals surface area contributed by atoms with Gasteiger partial charge in [0.05, 0.1) is 12.7 Å². The molecule has 1 atom stereocenters. The summed E-state index contributed by atoms with van der Waals surface area (Å²) in [4.78, 5) is 35.9. The monoisotopic (exact) mass is 393 g/mol. The Balaban J connectivity index is 1.58. The van der Waals surface area contributed by atoms with E-state index in [9.17, 15) is 14.4 Å². The first-order valence-electron chi connectivity index (χ1n) is 9.47. The van der Waals surface area contributed by atoms with E-state index in [4.69, 9.17) is 9.15 Å². The number of Topliss-reactive ketones (excluding diaryl/α,β-unsaturated/α-hetero) is 1. The summed E-state index contributed by atoms with van der Waals surface area (Å²) in [6.07, 6.45) is 1.51. The molecule has 0 bridgehead atoms. The minimum Gasteiger partial charge on any atom is -0.464 e. The summed E-state index contributed by atoms with van der Waals surface area (Å²) in [5, 5.41) is 3.53. The van der Waals surface area contributed by atoms with Gasteiger partial charge in [0.1, 0.15) is 5.58 Å². The van der Waals surface area contributed by atoms with E-state index in [1.807, 2.05) is 18.2 Å². The molecule has 0 aliphatic heterocycles. The highest BCUT2D eigenvalue weighted by Crippen LogP contribution is 2.23. The molecule has 0 aliphatic rings. The zero-order valence-electron chi connectivity index (χ0n) is 16.7. The molecule has 0 aliphatic carbocycles. The summed E-state index contributed by atoms with van der Waals surface area (Å²) in [5.74, 6) is -1.01. The number of ketones is 1. The van der Waals surface area contributed by atoms with Crippen LogP contribution in [-0.2, 0) is 27.2 Å². The zero-order chi connectivity index (χ0) is 21.0. The van der Waals surface area contributed by atoms with Crippen LogP contribution < -0.4 is 5.32 Å². The largest absolute Gasteiger partial charge is 0.464 e. The molecule has 6 heteroatoms. The molecule has 150 valence electrons. The van der Waals surface area contributed by atoms with Gasteiger partial charge in [-0.2, -0.15) is 0 Å². The van der Waals surface area contributed by atoms with Crippen molar-refractivity contribution < 1.29 is 23.5 Å². The van der Waals surface area contributed by atoms with E-state index in [1.54, 1.807) is 30.5 Å². The number of anilines is 1. The third kappa shape index (κ3) is 4.90. The Bertz CT molecular complexity index is 1050. The number of rotatable bonds is 7. The average molecular weight is 393 g/mol. The maximum absolute atomic E-state index is 12.3. The summed E-state index contributed by atoms with van der Waals surface area (Å²) >= 11 is 0. The van der Waals surface area contributed by atoms with Crippen molar-refractivity contribution in [2.75, 3.05) is 5.32 Å². The number of amides is 1. The third-order valence-corrected chi connectivity index (χ3v) is 4.70. The van der Waals surface area contributed by atoms with Gasteiger partial charge in [-0.15, -0.1) is 0 Å². The molecule has 1 amide bonds. The van der Waals surface area contributed by atoms with E-state index in [2.05, 4.69) is 12.2 Å². The van der Waals surface area contributed by atoms with Crippen LogP contribution in [0.5, 0.6) is 0 Å². The molecular weight excluding hydrogens is 370 g/mol. The number of furan rings is 1. The number of carbonyl (C=O) groups is 3. The summed E-state index contributed by atoms with van der Waals surface area (Å²) in [6, 6.07) is 12.4. The Morgan fingerprint density at radius 1 is 1.10 bits per heavy atom. The molecule has 0 unspecified atom stereocenters. The number of aryl methyl sites for hydroxylation is 1. The highest BCUT2D eigenvalue weighted by molar-refractivity contribution is 5.97. The minimum absolute atomic E-state index is 0.0173. The van der Waals surface area contributed by atoms with E-state index in [1.165, 1.54) is 13.8 Å². The number of nitrogens with one attached hydrogen (secondary N) is 1. The maximum atomic E-state index is 12.3. The van der Waals surface area contributed by atoms with Crippen molar-refractivity contribution in [1.82, 2.24) is 0 Å². The molecule has 0 fully saturated rings. The lowest BCUT2D eigenvalue weighted by Crippen LogP contribution is -2.30. The van der Waals surface area contributed by atoms with E-state index < -0.39 is 18.0 Å². The summed E-state index contributed by atoms with van der Waals surface area (Å²) in [5.41, 5.74) is 3.69. The van der Waals surface area contributed by atoms with Gasteiger partial charge in [0.15, 0.2) is 11.9 Å². The van der Waals surface area contributed by atoms with E-state index in [0.29, 0.717) is 11.3 Å². The number of hydrogen-bond acceptors (Lipinski definition) is 5. The Labute approximate surface area is 168 Å². The highest BCUT2D eigenvalue weighted by Gasteiger charge is 2.19. The van der Waals surface area contributed by atoms with Crippen molar-refractivity contribution in [2.45, 2.75) is 39.7 Å². The van der Waals surface area contributed by atoms with Gasteiger partial charge in [-0.3, -0.25) is 14.4 Å². The smallest absolute Gasteiger partial charge is 0.311 e. The van der Waals surface area contributed by atoms with E-state index in [-0.39, 0.29) is 12.2 Å². The molecule has 3 aromatic rings. The standard InChI is InChI=1S/C23H23NO5/c1-4-16-5-10-20-18(13-28-21(20)11-16)12-22(26)29-15(3)23(27)24-19-8-6-17(7-9-19)14(2)25/h5-11,13,15H,4,12H2,1-3H3,(H,24,27)/t15-/m1/s1. The second kappa shape index (κ2) is 8.73. The average Bonchev–Trinajstić information content (AvgIpc) is 3.09. The molecule has 6 nitrogen and oxygen atoms in total. The number of esters is 1. The van der Waals surface area contributed by atoms with Gasteiger partial charge in [0.25, 0.3) is 5.91 Å². The van der Waals surface area contributed by atoms with Gasteiger partial charge in [-0.25, -0.2) is 0 Å². The lowest BCUT2D eigenvalue weighted by Gasteiger charge is -2.13. The number of ether oxygens (including phenoxy) is 1. The molecule has 0 saturated heterocycles. The quantitative estimate of drug-likeness (QED) is 0.477. The fraction of sp³-hybridized carbons (Fsp3) is 0.261. The normalized spacial score (nSPS) is 11.8. The van der Waals surface area contributed by atoms with Gasteiger partial charge < -0.3 is 14.5 Å². The lowest BCUT2D eigenvalue weighted by atomic mass is 10.1. The highest BCUT2D eigenvalue weighted by atomic mass is 16.5. The van der Waals surface area contributed by atoms with Crippen LogP contribution in [-0.4, -0.2) is 23.8 Å². The predicted molar refractivity (Wildman–Crippen MR) is 110 cm³/mol.